The predicted molar refractivity (Wildman–Crippen MR) is 490 cm³/mol. The number of nitrogens with zero attached hydrogens (tertiary/aromatic N) is 9. The van der Waals surface area contributed by atoms with E-state index in [2.05, 4.69) is 111 Å². The highest BCUT2D eigenvalue weighted by Gasteiger charge is 2.37. The molecule has 650 valence electrons. The lowest BCUT2D eigenvalue weighted by atomic mass is 10.0. The molecule has 130 heavy (non-hydrogen) atoms. The van der Waals surface area contributed by atoms with Crippen LogP contribution in [0, 0.1) is 27.7 Å². The van der Waals surface area contributed by atoms with Crippen LogP contribution in [-0.2, 0) is 25.1 Å². The molecule has 0 fully saturated rings. The number of nitrogens with one attached hydrogen (secondary N) is 5. The third kappa shape index (κ3) is 20.5. The van der Waals surface area contributed by atoms with Crippen molar-refractivity contribution >= 4 is 11.3 Å². The number of rotatable bonds is 17. The van der Waals surface area contributed by atoms with Crippen LogP contribution in [-0.4, -0.2) is 83.8 Å². The van der Waals surface area contributed by atoms with Gasteiger partial charge in [-0.1, -0.05) is 249 Å². The largest absolute Gasteiger partial charge is 0.464 e. The molecule has 0 saturated carbocycles. The second kappa shape index (κ2) is 38.6. The fourth-order valence-corrected chi connectivity index (χ4v) is 15.5. The number of alkyl halides is 9. The van der Waals surface area contributed by atoms with Crippen molar-refractivity contribution in [3.8, 4) is 163 Å². The minimum atomic E-state index is -4.46. The molecular formula is C103H81F9N14O3S. The van der Waals surface area contributed by atoms with E-state index in [1.807, 2.05) is 210 Å². The van der Waals surface area contributed by atoms with Gasteiger partial charge in [0.05, 0.1) is 79.4 Å². The molecule has 10 heterocycles. The molecule has 20 aromatic rings. The number of benzene rings is 10. The summed E-state index contributed by atoms with van der Waals surface area (Å²) in [5, 5.41) is 8.83. The molecule has 0 aliphatic rings. The Morgan fingerprint density at radius 2 is 0.738 bits per heavy atom. The number of hydrogen-bond donors (Lipinski definition) is 5. The first kappa shape index (κ1) is 87.7. The molecule has 0 unspecified atom stereocenters. The van der Waals surface area contributed by atoms with Crippen molar-refractivity contribution < 1.29 is 52.8 Å². The molecule has 27 heteroatoms. The summed E-state index contributed by atoms with van der Waals surface area (Å²) in [4.78, 5) is 45.5. The number of hydrogen-bond acceptors (Lipinski definition) is 12. The Bertz CT molecular complexity index is 6980. The first-order valence-electron chi connectivity index (χ1n) is 41.0. The molecule has 0 atom stereocenters. The van der Waals surface area contributed by atoms with Gasteiger partial charge in [-0.2, -0.15) is 49.4 Å². The van der Waals surface area contributed by atoms with Crippen molar-refractivity contribution in [1.29, 1.82) is 0 Å². The second-order valence-electron chi connectivity index (χ2n) is 30.3. The Hall–Kier alpha value is -15.7. The average Bonchev–Trinajstić information content (AvgIpc) is 1.50. The van der Waals surface area contributed by atoms with Gasteiger partial charge in [-0.25, -0.2) is 24.9 Å². The second-order valence-corrected chi connectivity index (χ2v) is 31.4. The maximum Gasteiger partial charge on any atom is 0.417 e. The Morgan fingerprint density at radius 3 is 1.23 bits per heavy atom. The summed E-state index contributed by atoms with van der Waals surface area (Å²) in [6, 6.07) is 96.2. The predicted octanol–water partition coefficient (Wildman–Crippen LogP) is 28.2. The zero-order valence-corrected chi connectivity index (χ0v) is 71.4. The molecule has 20 rings (SSSR count). The number of aromatic nitrogens is 13. The summed E-state index contributed by atoms with van der Waals surface area (Å²) in [7, 11) is 3.91. The highest BCUT2D eigenvalue weighted by Crippen LogP contribution is 2.44. The van der Waals surface area contributed by atoms with E-state index in [0.29, 0.717) is 41.1 Å². The van der Waals surface area contributed by atoms with E-state index < -0.39 is 35.2 Å². The maximum atomic E-state index is 13.4. The van der Waals surface area contributed by atoms with Crippen LogP contribution in [0.2, 0.25) is 0 Å². The normalized spacial score (nSPS) is 11.4. The Balaban J connectivity index is 0.000000119. The third-order valence-corrected chi connectivity index (χ3v) is 21.9. The van der Waals surface area contributed by atoms with E-state index in [4.69, 9.17) is 18.2 Å². The van der Waals surface area contributed by atoms with Crippen molar-refractivity contribution in [3.63, 3.8) is 0 Å². The molecule has 0 saturated heterocycles. The van der Waals surface area contributed by atoms with E-state index >= 15 is 0 Å². The standard InChI is InChI=1S/C23H20F3N3O.2C21H15F3N2O.C20H16N2S.C18H15N5/c1-29(2)14-18-21(15-8-4-3-5-9-15)28-22(27-18)20-13-12-19(30-20)16-10-6-7-11-17(16)23(24,25)26;1-13-6-2-3-7-14(13)17-12-25-20(26-17)19-11-10-18(27-19)15-8-4-5-9-16(15)21(22,23)24;1-13-19(14-7-3-2-4-8-14)26-20(25-13)15-11-18(27-12-15)16-9-5-6-10-17(16)21(22,23)24;1-14-19(16-10-6-3-7-11-16)22-20(21-14)18-13-12-17(23-18)15-8-4-2-5-9-15;1-13-17(14-8-4-2-5-9-14)21-18(20-13)16-12-19-23(22-16)15-10-6-3-7-11-15/h3-13H,14H2,1-2H3,(H,27,28);2*2-12H,1H3,(H,25,26);2-13H,1H3,(H,21,22);2-12H,1H3,(H,20,21). The summed E-state index contributed by atoms with van der Waals surface area (Å²) >= 11 is 1.76. The van der Waals surface area contributed by atoms with Crippen LogP contribution in [0.1, 0.15) is 45.0 Å². The van der Waals surface area contributed by atoms with Gasteiger partial charge >= 0.3 is 18.5 Å². The molecule has 0 spiro atoms. The molecule has 0 amide bonds. The van der Waals surface area contributed by atoms with Gasteiger partial charge in [0.2, 0.25) is 0 Å². The van der Waals surface area contributed by atoms with E-state index in [0.717, 1.165) is 131 Å². The maximum absolute atomic E-state index is 13.4. The molecule has 0 bridgehead atoms. The number of H-pyrrole nitrogens is 5. The zero-order valence-electron chi connectivity index (χ0n) is 70.6. The van der Waals surface area contributed by atoms with Crippen molar-refractivity contribution in [3.05, 3.63) is 385 Å². The van der Waals surface area contributed by atoms with Gasteiger partial charge in [-0.3, -0.25) is 0 Å². The Morgan fingerprint density at radius 1 is 0.346 bits per heavy atom. The van der Waals surface area contributed by atoms with E-state index in [9.17, 15) is 39.5 Å². The van der Waals surface area contributed by atoms with Gasteiger partial charge in [0, 0.05) is 73.0 Å². The van der Waals surface area contributed by atoms with E-state index in [1.54, 1.807) is 64.9 Å². The van der Waals surface area contributed by atoms with Crippen LogP contribution in [0.15, 0.2) is 353 Å². The number of imidazole rings is 5. The monoisotopic (exact) mass is 1760 g/mol. The number of para-hydroxylation sites is 1. The highest BCUT2D eigenvalue weighted by atomic mass is 32.1. The van der Waals surface area contributed by atoms with Gasteiger partial charge in [-0.05, 0) is 126 Å². The third-order valence-electron chi connectivity index (χ3n) is 20.8. The number of aromatic amines is 5. The van der Waals surface area contributed by atoms with Crippen LogP contribution in [0.3, 0.4) is 0 Å². The van der Waals surface area contributed by atoms with Crippen LogP contribution in [0.4, 0.5) is 39.5 Å². The van der Waals surface area contributed by atoms with Crippen LogP contribution in [0.5, 0.6) is 0 Å². The minimum Gasteiger partial charge on any atom is -0.464 e. The first-order valence-corrected chi connectivity index (χ1v) is 41.8. The number of furan rings is 3. The number of halogens is 9. The lowest BCUT2D eigenvalue weighted by Crippen LogP contribution is -2.11. The fraction of sp³-hybridized carbons (Fsp3) is 0.0971. The summed E-state index contributed by atoms with van der Waals surface area (Å²) < 4.78 is 136. The van der Waals surface area contributed by atoms with Gasteiger partial charge in [0.15, 0.2) is 29.0 Å². The minimum absolute atomic E-state index is 0.000367. The molecule has 17 nitrogen and oxygen atoms in total. The smallest absolute Gasteiger partial charge is 0.417 e. The summed E-state index contributed by atoms with van der Waals surface area (Å²) in [5.41, 5.74) is 15.8. The van der Waals surface area contributed by atoms with Gasteiger partial charge in [-0.15, -0.1) is 16.4 Å². The molecule has 0 radical (unpaired) electrons. The molecule has 0 aliphatic heterocycles. The zero-order chi connectivity index (χ0) is 90.6. The summed E-state index contributed by atoms with van der Waals surface area (Å²) in [5.74, 6) is 4.34. The average molecular weight is 1770 g/mol. The lowest BCUT2D eigenvalue weighted by Gasteiger charge is -2.10. The number of aryl methyl sites for hydroxylation is 4. The molecule has 10 aromatic heterocycles. The van der Waals surface area contributed by atoms with Crippen molar-refractivity contribution in [2.24, 2.45) is 0 Å². The summed E-state index contributed by atoms with van der Waals surface area (Å²) in [6.45, 7) is 8.61. The Labute approximate surface area is 744 Å². The van der Waals surface area contributed by atoms with Crippen molar-refractivity contribution in [1.82, 2.24) is 69.7 Å². The van der Waals surface area contributed by atoms with E-state index in [-0.39, 0.29) is 34.0 Å². The first-order chi connectivity index (χ1) is 62.8. The topological polar surface area (TPSA) is 217 Å². The van der Waals surface area contributed by atoms with Crippen LogP contribution < -0.4 is 0 Å². The molecule has 0 aliphatic carbocycles. The van der Waals surface area contributed by atoms with Gasteiger partial charge in [0.1, 0.15) is 40.9 Å². The highest BCUT2D eigenvalue weighted by molar-refractivity contribution is 7.18. The van der Waals surface area contributed by atoms with Gasteiger partial charge in [0.25, 0.3) is 0 Å². The lowest BCUT2D eigenvalue weighted by molar-refractivity contribution is -0.138. The quantitative estimate of drug-likeness (QED) is 0.0540. The Kier molecular flexibility index (Phi) is 26.1. The summed E-state index contributed by atoms with van der Waals surface area (Å²) in [6.07, 6.45) is -8.55. The molecule has 5 N–H and O–H groups in total. The van der Waals surface area contributed by atoms with Crippen molar-refractivity contribution in [2.45, 2.75) is 52.8 Å². The van der Waals surface area contributed by atoms with E-state index in [1.165, 1.54) is 65.2 Å². The van der Waals surface area contributed by atoms with Crippen LogP contribution >= 0.6 is 11.3 Å². The molecule has 10 aromatic carbocycles. The van der Waals surface area contributed by atoms with Crippen molar-refractivity contribution in [2.75, 3.05) is 14.1 Å². The SMILES string of the molecule is CN(C)Cc1[nH]c(-c2ccc(-c3ccccc3C(F)(F)F)o2)nc1-c1ccccc1.Cc1[nH]c(-c2ccc(-c3ccccc3)s2)nc1-c1ccccc1.Cc1[nH]c(-c2cnn(-c3ccccc3)n2)nc1-c1ccccc1.Cc1[nH]c(-c2coc(-c3ccccc3C(F)(F)F)c2)nc1-c1ccccc1.Cc1ccccc1-c1cnc(-c2ccc(-c3ccccc3C(F)(F)F)o2)[nH]1. The fourth-order valence-electron chi connectivity index (χ4n) is 14.6. The van der Waals surface area contributed by atoms with Gasteiger partial charge < -0.3 is 43.1 Å². The number of thiophene rings is 1. The molecular weight excluding hydrogens is 1680 g/mol. The van der Waals surface area contributed by atoms with Crippen LogP contribution in [0.25, 0.3) is 163 Å².